The second kappa shape index (κ2) is 4.86. The Kier molecular flexibility index (Phi) is 3.55. The van der Waals surface area contributed by atoms with Gasteiger partial charge in [-0.05, 0) is 48.0 Å². The molecule has 0 fully saturated rings. The third-order valence-corrected chi connectivity index (χ3v) is 4.94. The molecule has 6 nitrogen and oxygen atoms in total. The molecule has 0 aliphatic rings. The van der Waals surface area contributed by atoms with Crippen LogP contribution in [0.2, 0.25) is 0 Å². The van der Waals surface area contributed by atoms with E-state index < -0.39 is 10.0 Å². The Bertz CT molecular complexity index is 705. The number of halogens is 1. The van der Waals surface area contributed by atoms with E-state index in [1.165, 1.54) is 12.1 Å². The van der Waals surface area contributed by atoms with Crippen LogP contribution in [0.15, 0.2) is 27.6 Å². The minimum absolute atomic E-state index is 0.127. The fourth-order valence-corrected chi connectivity index (χ4v) is 3.90. The molecule has 2 rings (SSSR count). The van der Waals surface area contributed by atoms with Crippen molar-refractivity contribution in [1.82, 2.24) is 10.2 Å². The van der Waals surface area contributed by atoms with Crippen molar-refractivity contribution in [3.8, 4) is 0 Å². The maximum Gasteiger partial charge on any atom is 0.263 e. The predicted octanol–water partition coefficient (Wildman–Crippen LogP) is 2.17. The Hall–Kier alpha value is -1.54. The zero-order valence-corrected chi connectivity index (χ0v) is 12.8. The van der Waals surface area contributed by atoms with Gasteiger partial charge in [0.1, 0.15) is 4.90 Å². The molecule has 0 saturated carbocycles. The smallest absolute Gasteiger partial charge is 0.263 e. The number of sulfonamides is 1. The molecule has 0 atom stereocenters. The van der Waals surface area contributed by atoms with Crippen LogP contribution in [0.3, 0.4) is 0 Å². The van der Waals surface area contributed by atoms with Gasteiger partial charge in [0.2, 0.25) is 0 Å². The van der Waals surface area contributed by atoms with E-state index in [0.29, 0.717) is 27.2 Å². The lowest BCUT2D eigenvalue weighted by Gasteiger charge is -2.10. The van der Waals surface area contributed by atoms with Crippen LogP contribution in [0.5, 0.6) is 0 Å². The molecule has 0 bridgehead atoms. The lowest BCUT2D eigenvalue weighted by atomic mass is 10.3. The molecule has 0 amide bonds. The summed E-state index contributed by atoms with van der Waals surface area (Å²) in [5.74, 6) is 0. The van der Waals surface area contributed by atoms with Gasteiger partial charge < -0.3 is 5.73 Å². The number of nitrogens with zero attached hydrogens (tertiary/aromatic N) is 1. The first-order chi connectivity index (χ1) is 8.81. The van der Waals surface area contributed by atoms with Crippen LogP contribution in [-0.2, 0) is 10.0 Å². The van der Waals surface area contributed by atoms with Crippen molar-refractivity contribution < 1.29 is 8.42 Å². The minimum Gasteiger partial charge on any atom is -0.399 e. The molecule has 19 heavy (non-hydrogen) atoms. The van der Waals surface area contributed by atoms with Gasteiger partial charge >= 0.3 is 0 Å². The molecule has 0 spiro atoms. The van der Waals surface area contributed by atoms with Crippen molar-refractivity contribution in [3.05, 3.63) is 34.1 Å². The standard InChI is InChI=1S/C11H13BrN4O2S/c1-6-11(7(2)15-14-6)16-19(17,18)10-4-3-8(13)5-9(10)12/h3-5,16H,13H2,1-2H3,(H,14,15). The second-order valence-electron chi connectivity index (χ2n) is 4.10. The molecule has 1 heterocycles. The number of rotatable bonds is 3. The summed E-state index contributed by atoms with van der Waals surface area (Å²) in [4.78, 5) is 0.127. The van der Waals surface area contributed by atoms with Crippen LogP contribution >= 0.6 is 15.9 Å². The Labute approximate surface area is 119 Å². The monoisotopic (exact) mass is 344 g/mol. The van der Waals surface area contributed by atoms with Crippen molar-refractivity contribution >= 4 is 37.3 Å². The normalized spacial score (nSPS) is 11.5. The third kappa shape index (κ3) is 2.74. The van der Waals surface area contributed by atoms with E-state index in [2.05, 4.69) is 30.8 Å². The molecule has 0 saturated heterocycles. The number of H-pyrrole nitrogens is 1. The van der Waals surface area contributed by atoms with Crippen molar-refractivity contribution in [2.75, 3.05) is 10.5 Å². The topological polar surface area (TPSA) is 101 Å². The van der Waals surface area contributed by atoms with Crippen molar-refractivity contribution in [1.29, 1.82) is 0 Å². The summed E-state index contributed by atoms with van der Waals surface area (Å²) in [6.45, 7) is 3.47. The van der Waals surface area contributed by atoms with Gasteiger partial charge in [-0.15, -0.1) is 0 Å². The van der Waals surface area contributed by atoms with E-state index in [9.17, 15) is 8.42 Å². The van der Waals surface area contributed by atoms with Crippen LogP contribution < -0.4 is 10.5 Å². The number of nitrogens with one attached hydrogen (secondary N) is 2. The first kappa shape index (κ1) is 13.9. The van der Waals surface area contributed by atoms with Crippen LogP contribution in [0.25, 0.3) is 0 Å². The number of aromatic nitrogens is 2. The zero-order chi connectivity index (χ0) is 14.2. The van der Waals surface area contributed by atoms with Gasteiger partial charge in [0.25, 0.3) is 10.0 Å². The average molecular weight is 345 g/mol. The van der Waals surface area contributed by atoms with Crippen LogP contribution in [-0.4, -0.2) is 18.6 Å². The SMILES string of the molecule is Cc1n[nH]c(C)c1NS(=O)(=O)c1ccc(N)cc1Br. The summed E-state index contributed by atoms with van der Waals surface area (Å²) in [5.41, 5.74) is 7.79. The molecule has 0 aliphatic carbocycles. The van der Waals surface area contributed by atoms with E-state index in [1.807, 2.05) is 0 Å². The summed E-state index contributed by atoms with van der Waals surface area (Å²) in [6, 6.07) is 4.53. The lowest BCUT2D eigenvalue weighted by Crippen LogP contribution is -2.14. The molecular weight excluding hydrogens is 332 g/mol. The van der Waals surface area contributed by atoms with Gasteiger partial charge in [-0.25, -0.2) is 8.42 Å². The van der Waals surface area contributed by atoms with Gasteiger partial charge in [-0.1, -0.05) is 0 Å². The average Bonchev–Trinajstić information content (AvgIpc) is 2.60. The summed E-state index contributed by atoms with van der Waals surface area (Å²) in [7, 11) is -3.69. The molecule has 0 unspecified atom stereocenters. The summed E-state index contributed by atoms with van der Waals surface area (Å²) in [5, 5.41) is 6.67. The van der Waals surface area contributed by atoms with E-state index in [1.54, 1.807) is 19.9 Å². The molecule has 102 valence electrons. The highest BCUT2D eigenvalue weighted by Gasteiger charge is 2.20. The molecule has 0 aliphatic heterocycles. The molecular formula is C11H13BrN4O2S. The van der Waals surface area contributed by atoms with Crippen LogP contribution in [0.1, 0.15) is 11.4 Å². The van der Waals surface area contributed by atoms with Gasteiger partial charge in [-0.2, -0.15) is 5.10 Å². The maximum absolute atomic E-state index is 12.3. The quantitative estimate of drug-likeness (QED) is 0.742. The Morgan fingerprint density at radius 3 is 2.58 bits per heavy atom. The number of anilines is 2. The summed E-state index contributed by atoms with van der Waals surface area (Å²) in [6.07, 6.45) is 0. The number of hydrogen-bond acceptors (Lipinski definition) is 4. The Morgan fingerprint density at radius 2 is 2.05 bits per heavy atom. The number of aromatic amines is 1. The molecule has 1 aromatic carbocycles. The Balaban J connectivity index is 2.44. The molecule has 1 aromatic heterocycles. The molecule has 8 heteroatoms. The van der Waals surface area contributed by atoms with Crippen molar-refractivity contribution in [2.45, 2.75) is 18.7 Å². The van der Waals surface area contributed by atoms with E-state index in [0.717, 1.165) is 0 Å². The van der Waals surface area contributed by atoms with Gasteiger partial charge in [0.05, 0.1) is 17.1 Å². The fourth-order valence-electron chi connectivity index (χ4n) is 1.63. The van der Waals surface area contributed by atoms with Crippen molar-refractivity contribution in [2.24, 2.45) is 0 Å². The summed E-state index contributed by atoms with van der Waals surface area (Å²) < 4.78 is 27.6. The molecule has 0 radical (unpaired) electrons. The first-order valence-corrected chi connectivity index (χ1v) is 7.68. The molecule has 2 aromatic rings. The first-order valence-electron chi connectivity index (χ1n) is 5.40. The number of nitrogen functional groups attached to an aromatic ring is 1. The number of aryl methyl sites for hydroxylation is 2. The largest absolute Gasteiger partial charge is 0.399 e. The minimum atomic E-state index is -3.69. The van der Waals surface area contributed by atoms with Gasteiger partial charge in [0.15, 0.2) is 0 Å². The number of benzene rings is 1. The highest BCUT2D eigenvalue weighted by molar-refractivity contribution is 9.10. The predicted molar refractivity (Wildman–Crippen MR) is 77.4 cm³/mol. The highest BCUT2D eigenvalue weighted by atomic mass is 79.9. The van der Waals surface area contributed by atoms with E-state index >= 15 is 0 Å². The van der Waals surface area contributed by atoms with Crippen molar-refractivity contribution in [3.63, 3.8) is 0 Å². The van der Waals surface area contributed by atoms with Gasteiger partial charge in [-0.3, -0.25) is 9.82 Å². The third-order valence-electron chi connectivity index (χ3n) is 2.61. The molecule has 4 N–H and O–H groups in total. The second-order valence-corrected chi connectivity index (χ2v) is 6.61. The Morgan fingerprint density at radius 1 is 1.37 bits per heavy atom. The summed E-state index contributed by atoms with van der Waals surface area (Å²) >= 11 is 3.20. The number of hydrogen-bond donors (Lipinski definition) is 3. The van der Waals surface area contributed by atoms with E-state index in [-0.39, 0.29) is 4.90 Å². The highest BCUT2D eigenvalue weighted by Crippen LogP contribution is 2.27. The van der Waals surface area contributed by atoms with Gasteiger partial charge in [0, 0.05) is 10.2 Å². The maximum atomic E-state index is 12.3. The lowest BCUT2D eigenvalue weighted by molar-refractivity contribution is 0.600. The zero-order valence-electron chi connectivity index (χ0n) is 10.4. The fraction of sp³-hybridized carbons (Fsp3) is 0.182. The van der Waals surface area contributed by atoms with Crippen LogP contribution in [0, 0.1) is 13.8 Å². The number of nitrogens with two attached hydrogens (primary N) is 1. The van der Waals surface area contributed by atoms with E-state index in [4.69, 9.17) is 5.73 Å². The van der Waals surface area contributed by atoms with Crippen LogP contribution in [0.4, 0.5) is 11.4 Å².